The Morgan fingerprint density at radius 2 is 1.93 bits per heavy atom. The summed E-state index contributed by atoms with van der Waals surface area (Å²) < 4.78 is 76.5. The van der Waals surface area contributed by atoms with E-state index in [0.717, 1.165) is 4.40 Å². The maximum atomic E-state index is 14.2. The van der Waals surface area contributed by atoms with Gasteiger partial charge in [-0.2, -0.15) is 8.78 Å². The summed E-state index contributed by atoms with van der Waals surface area (Å²) in [5.41, 5.74) is 0.699. The van der Waals surface area contributed by atoms with E-state index in [-0.39, 0.29) is 23.8 Å². The minimum Gasteiger partial charge on any atom is -0.465 e. The second kappa shape index (κ2) is 8.64. The Morgan fingerprint density at radius 1 is 1.14 bits per heavy atom. The molecule has 0 saturated carbocycles. The number of hydrogen-bond acceptors (Lipinski definition) is 6. The number of pyridine rings is 1. The lowest BCUT2D eigenvalue weighted by Gasteiger charge is -2.15. The van der Waals surface area contributed by atoms with Crippen LogP contribution in [0, 0.1) is 0 Å². The number of aromatic nitrogens is 5. The molecule has 3 aromatic heterocycles. The molecule has 0 aliphatic rings. The van der Waals surface area contributed by atoms with Gasteiger partial charge in [0.2, 0.25) is 11.7 Å². The predicted molar refractivity (Wildman–Crippen MR) is 90.5 cm³/mol. The first-order valence-corrected chi connectivity index (χ1v) is 8.56. The lowest BCUT2D eigenvalue weighted by molar-refractivity contribution is -0.254. The molecule has 3 heterocycles. The summed E-state index contributed by atoms with van der Waals surface area (Å²) in [6.07, 6.45) is -4.44. The van der Waals surface area contributed by atoms with Crippen LogP contribution in [0.1, 0.15) is 19.2 Å². The van der Waals surface area contributed by atoms with E-state index in [2.05, 4.69) is 24.9 Å². The molecule has 0 saturated heterocycles. The maximum absolute atomic E-state index is 14.2. The topological polar surface area (TPSA) is 74.4 Å². The van der Waals surface area contributed by atoms with Crippen molar-refractivity contribution in [1.82, 2.24) is 24.6 Å². The first-order valence-electron chi connectivity index (χ1n) is 8.56. The van der Waals surface area contributed by atoms with Crippen LogP contribution in [0.4, 0.5) is 22.0 Å². The molecule has 0 fully saturated rings. The number of nitrogens with zero attached hydrogens (tertiary/aromatic N) is 5. The van der Waals surface area contributed by atoms with Crippen LogP contribution in [0.5, 0.6) is 5.88 Å². The van der Waals surface area contributed by atoms with Crippen LogP contribution in [-0.4, -0.2) is 50.4 Å². The smallest absolute Gasteiger partial charge is 0.418 e. The van der Waals surface area contributed by atoms with Gasteiger partial charge in [0.05, 0.1) is 18.5 Å². The highest BCUT2D eigenvalue weighted by Crippen LogP contribution is 2.29. The summed E-state index contributed by atoms with van der Waals surface area (Å²) in [6.45, 7) is 0.158. The molecular formula is C17H16F5N5O2. The molecule has 29 heavy (non-hydrogen) atoms. The third-order valence-corrected chi connectivity index (χ3v) is 3.78. The normalized spacial score (nSPS) is 13.2. The van der Waals surface area contributed by atoms with Crippen molar-refractivity contribution < 1.29 is 31.4 Å². The van der Waals surface area contributed by atoms with Crippen LogP contribution in [0.15, 0.2) is 30.7 Å². The van der Waals surface area contributed by atoms with Crippen molar-refractivity contribution in [2.75, 3.05) is 13.3 Å². The van der Waals surface area contributed by atoms with Gasteiger partial charge >= 0.3 is 6.11 Å². The average Bonchev–Trinajstić information content (AvgIpc) is 3.15. The molecule has 0 amide bonds. The van der Waals surface area contributed by atoms with E-state index in [1.54, 1.807) is 6.92 Å². The van der Waals surface area contributed by atoms with E-state index in [1.807, 2.05) is 0 Å². The van der Waals surface area contributed by atoms with Crippen molar-refractivity contribution in [3.8, 4) is 17.1 Å². The Balaban J connectivity index is 1.87. The molecule has 7 nitrogen and oxygen atoms in total. The summed E-state index contributed by atoms with van der Waals surface area (Å²) in [4.78, 5) is 7.93. The van der Waals surface area contributed by atoms with Crippen LogP contribution in [0.25, 0.3) is 16.9 Å². The third kappa shape index (κ3) is 4.58. The van der Waals surface area contributed by atoms with Crippen molar-refractivity contribution in [3.05, 3.63) is 36.5 Å². The molecule has 0 aliphatic heterocycles. The van der Waals surface area contributed by atoms with Crippen LogP contribution in [0.2, 0.25) is 0 Å². The molecule has 0 spiro atoms. The van der Waals surface area contributed by atoms with Gasteiger partial charge < -0.3 is 9.47 Å². The summed E-state index contributed by atoms with van der Waals surface area (Å²) in [6, 6.07) is 2.67. The monoisotopic (exact) mass is 417 g/mol. The highest BCUT2D eigenvalue weighted by atomic mass is 19.3. The van der Waals surface area contributed by atoms with Gasteiger partial charge in [-0.05, 0) is 12.5 Å². The lowest BCUT2D eigenvalue weighted by Crippen LogP contribution is -2.27. The first-order chi connectivity index (χ1) is 13.9. The number of alkyl halides is 5. The van der Waals surface area contributed by atoms with E-state index in [9.17, 15) is 22.0 Å². The molecule has 1 atom stereocenters. The number of rotatable bonds is 9. The first kappa shape index (κ1) is 20.8. The van der Waals surface area contributed by atoms with Crippen molar-refractivity contribution in [2.45, 2.75) is 32.0 Å². The zero-order valence-electron chi connectivity index (χ0n) is 15.1. The lowest BCUT2D eigenvalue weighted by atomic mass is 10.2. The summed E-state index contributed by atoms with van der Waals surface area (Å²) in [5, 5.41) is 7.13. The van der Waals surface area contributed by atoms with E-state index in [0.29, 0.717) is 12.0 Å². The minimum atomic E-state index is -3.65. The SMILES string of the molecule is CCCOC(F)(F)c1nnc2cnc(-c3ccc(OC(CF)C(F)F)nc3)cn12. The Bertz CT molecular complexity index is 951. The Kier molecular flexibility index (Phi) is 6.20. The highest BCUT2D eigenvalue weighted by Gasteiger charge is 2.38. The summed E-state index contributed by atoms with van der Waals surface area (Å²) in [5.74, 6) is -0.914. The maximum Gasteiger partial charge on any atom is 0.418 e. The highest BCUT2D eigenvalue weighted by molar-refractivity contribution is 5.59. The number of ether oxygens (including phenoxy) is 2. The fraction of sp³-hybridized carbons (Fsp3) is 0.412. The van der Waals surface area contributed by atoms with Gasteiger partial charge in [0.1, 0.15) is 6.67 Å². The molecule has 156 valence electrons. The van der Waals surface area contributed by atoms with Gasteiger partial charge in [-0.3, -0.25) is 9.38 Å². The summed E-state index contributed by atoms with van der Waals surface area (Å²) in [7, 11) is 0. The molecule has 0 aromatic carbocycles. The molecule has 0 N–H and O–H groups in total. The molecular weight excluding hydrogens is 401 g/mol. The second-order valence-electron chi connectivity index (χ2n) is 5.92. The van der Waals surface area contributed by atoms with Crippen LogP contribution in [0.3, 0.4) is 0 Å². The number of fused-ring (bicyclic) bond motifs is 1. The van der Waals surface area contributed by atoms with Gasteiger partial charge in [0, 0.05) is 24.0 Å². The standard InChI is InChI=1S/C17H16F5N5O2/c1-2-5-28-17(21,22)16-26-25-13-8-23-11(9-27(13)16)10-3-4-14(24-7-10)29-12(6-18)15(19)20/h3-4,7-9,12,15H,2,5-6H2,1H3. The fourth-order valence-electron chi connectivity index (χ4n) is 2.35. The molecule has 3 aromatic rings. The van der Waals surface area contributed by atoms with E-state index in [4.69, 9.17) is 4.74 Å². The van der Waals surface area contributed by atoms with Crippen LogP contribution >= 0.6 is 0 Å². The molecule has 0 radical (unpaired) electrons. The second-order valence-corrected chi connectivity index (χ2v) is 5.92. The van der Waals surface area contributed by atoms with Crippen molar-refractivity contribution in [3.63, 3.8) is 0 Å². The average molecular weight is 417 g/mol. The molecule has 0 bridgehead atoms. The van der Waals surface area contributed by atoms with Gasteiger partial charge in [-0.25, -0.2) is 18.2 Å². The molecule has 12 heteroatoms. The van der Waals surface area contributed by atoms with Crippen molar-refractivity contribution in [2.24, 2.45) is 0 Å². The third-order valence-electron chi connectivity index (χ3n) is 3.78. The fourth-order valence-corrected chi connectivity index (χ4v) is 2.35. The molecule has 0 aliphatic carbocycles. The van der Waals surface area contributed by atoms with Gasteiger partial charge in [-0.15, -0.1) is 10.2 Å². The number of hydrogen-bond donors (Lipinski definition) is 0. The Morgan fingerprint density at radius 3 is 2.55 bits per heavy atom. The summed E-state index contributed by atoms with van der Waals surface area (Å²) >= 11 is 0. The van der Waals surface area contributed by atoms with Gasteiger partial charge in [-0.1, -0.05) is 6.92 Å². The van der Waals surface area contributed by atoms with Crippen LogP contribution < -0.4 is 4.74 Å². The van der Waals surface area contributed by atoms with Crippen molar-refractivity contribution >= 4 is 5.65 Å². The minimum absolute atomic E-state index is 0.0826. The molecule has 1 unspecified atom stereocenters. The van der Waals surface area contributed by atoms with E-state index >= 15 is 0 Å². The zero-order chi connectivity index (χ0) is 21.0. The van der Waals surface area contributed by atoms with E-state index < -0.39 is 31.1 Å². The van der Waals surface area contributed by atoms with Gasteiger partial charge in [0.15, 0.2) is 11.8 Å². The van der Waals surface area contributed by atoms with Crippen LogP contribution in [-0.2, 0) is 10.8 Å². The van der Waals surface area contributed by atoms with Crippen molar-refractivity contribution in [1.29, 1.82) is 0 Å². The largest absolute Gasteiger partial charge is 0.465 e. The number of halogens is 5. The van der Waals surface area contributed by atoms with Gasteiger partial charge in [0.25, 0.3) is 6.43 Å². The van der Waals surface area contributed by atoms with E-state index in [1.165, 1.54) is 30.7 Å². The zero-order valence-corrected chi connectivity index (χ0v) is 15.1. The molecule has 3 rings (SSSR count). The Labute approximate surface area is 161 Å². The predicted octanol–water partition coefficient (Wildman–Crippen LogP) is 3.64. The Hall–Kier alpha value is -2.89. The quantitative estimate of drug-likeness (QED) is 0.495.